The zero-order valence-corrected chi connectivity index (χ0v) is 19.3. The Morgan fingerprint density at radius 1 is 1.03 bits per heavy atom. The number of aryl methyl sites for hydroxylation is 1. The van der Waals surface area contributed by atoms with Gasteiger partial charge in [0, 0.05) is 35.4 Å². The third-order valence-corrected chi connectivity index (χ3v) is 5.77. The number of anilines is 1. The normalized spacial score (nSPS) is 10.6. The number of nitrogens with zero attached hydrogens (tertiary/aromatic N) is 4. The van der Waals surface area contributed by atoms with Crippen LogP contribution in [0, 0.1) is 6.92 Å². The zero-order valence-electron chi connectivity index (χ0n) is 18.5. The second kappa shape index (κ2) is 10.2. The Hall–Kier alpha value is -3.85. The highest BCUT2D eigenvalue weighted by molar-refractivity contribution is 7.99. The van der Waals surface area contributed by atoms with Gasteiger partial charge >= 0.3 is 0 Å². The summed E-state index contributed by atoms with van der Waals surface area (Å²) in [5.74, 6) is 1.79. The molecule has 2 heterocycles. The Balaban J connectivity index is 1.55. The highest BCUT2D eigenvalue weighted by Gasteiger charge is 2.18. The van der Waals surface area contributed by atoms with E-state index in [4.69, 9.17) is 9.47 Å². The molecule has 0 radical (unpaired) electrons. The molecule has 1 N–H and O–H groups in total. The molecular formula is C24H23N5O3S. The fraction of sp³-hybridized carbons (Fsp3) is 0.167. The molecule has 168 valence electrons. The monoisotopic (exact) mass is 461 g/mol. The van der Waals surface area contributed by atoms with Crippen LogP contribution in [0.4, 0.5) is 5.69 Å². The van der Waals surface area contributed by atoms with E-state index in [1.165, 1.54) is 11.8 Å². The number of hydrogen-bond acceptors (Lipinski definition) is 7. The van der Waals surface area contributed by atoms with E-state index in [0.29, 0.717) is 28.2 Å². The number of nitrogens with one attached hydrogen (secondary N) is 1. The van der Waals surface area contributed by atoms with Crippen molar-refractivity contribution in [1.82, 2.24) is 19.7 Å². The fourth-order valence-electron chi connectivity index (χ4n) is 3.21. The molecule has 0 saturated heterocycles. The number of pyridine rings is 1. The number of amides is 1. The van der Waals surface area contributed by atoms with Crippen molar-refractivity contribution in [2.75, 3.05) is 25.3 Å². The lowest BCUT2D eigenvalue weighted by Crippen LogP contribution is -2.14. The molecule has 4 rings (SSSR count). The summed E-state index contributed by atoms with van der Waals surface area (Å²) in [4.78, 5) is 16.8. The molecule has 2 aromatic heterocycles. The van der Waals surface area contributed by atoms with Gasteiger partial charge in [0.1, 0.15) is 0 Å². The van der Waals surface area contributed by atoms with Gasteiger partial charge in [-0.1, -0.05) is 29.5 Å². The topological polar surface area (TPSA) is 91.2 Å². The van der Waals surface area contributed by atoms with Gasteiger partial charge in [-0.05, 0) is 43.3 Å². The number of carbonyl (C=O) groups is 1. The third-order valence-electron chi connectivity index (χ3n) is 4.84. The molecule has 1 amide bonds. The van der Waals surface area contributed by atoms with Crippen molar-refractivity contribution >= 4 is 23.4 Å². The fourth-order valence-corrected chi connectivity index (χ4v) is 3.97. The van der Waals surface area contributed by atoms with Crippen molar-refractivity contribution in [3.05, 3.63) is 72.6 Å². The van der Waals surface area contributed by atoms with Gasteiger partial charge in [0.05, 0.1) is 20.0 Å². The first kappa shape index (κ1) is 22.3. The summed E-state index contributed by atoms with van der Waals surface area (Å²) in [6.07, 6.45) is 3.46. The maximum Gasteiger partial charge on any atom is 0.234 e. The van der Waals surface area contributed by atoms with Gasteiger partial charge in [-0.3, -0.25) is 14.3 Å². The molecule has 0 spiro atoms. The van der Waals surface area contributed by atoms with Gasteiger partial charge in [0.2, 0.25) is 5.91 Å². The molecule has 8 nitrogen and oxygen atoms in total. The number of benzene rings is 2. The third kappa shape index (κ3) is 5.15. The molecule has 0 saturated carbocycles. The van der Waals surface area contributed by atoms with Gasteiger partial charge in [-0.25, -0.2) is 0 Å². The highest BCUT2D eigenvalue weighted by atomic mass is 32.2. The second-order valence-electron chi connectivity index (χ2n) is 7.13. The minimum atomic E-state index is -0.173. The van der Waals surface area contributed by atoms with Crippen LogP contribution in [0.1, 0.15) is 5.56 Å². The van der Waals surface area contributed by atoms with E-state index in [-0.39, 0.29) is 11.7 Å². The maximum atomic E-state index is 12.6. The molecule has 0 bridgehead atoms. The summed E-state index contributed by atoms with van der Waals surface area (Å²) in [7, 11) is 3.12. The van der Waals surface area contributed by atoms with Crippen LogP contribution in [-0.4, -0.2) is 45.6 Å². The number of aromatic nitrogens is 4. The van der Waals surface area contributed by atoms with E-state index in [9.17, 15) is 4.79 Å². The summed E-state index contributed by atoms with van der Waals surface area (Å²) in [5.41, 5.74) is 3.52. The van der Waals surface area contributed by atoms with Crippen molar-refractivity contribution in [2.24, 2.45) is 0 Å². The van der Waals surface area contributed by atoms with Crippen molar-refractivity contribution in [3.63, 3.8) is 0 Å². The Kier molecular flexibility index (Phi) is 6.89. The van der Waals surface area contributed by atoms with Crippen LogP contribution in [0.25, 0.3) is 17.1 Å². The minimum Gasteiger partial charge on any atom is -0.493 e. The van der Waals surface area contributed by atoms with Crippen molar-refractivity contribution in [1.29, 1.82) is 0 Å². The van der Waals surface area contributed by atoms with E-state index < -0.39 is 0 Å². The summed E-state index contributed by atoms with van der Waals surface area (Å²) in [5, 5.41) is 12.2. The van der Waals surface area contributed by atoms with Crippen LogP contribution >= 0.6 is 11.8 Å². The lowest BCUT2D eigenvalue weighted by molar-refractivity contribution is -0.113. The number of carbonyl (C=O) groups excluding carboxylic acids is 1. The average Bonchev–Trinajstić information content (AvgIpc) is 3.27. The molecule has 0 fully saturated rings. The lowest BCUT2D eigenvalue weighted by Gasteiger charge is -2.12. The van der Waals surface area contributed by atoms with Crippen molar-refractivity contribution < 1.29 is 14.3 Å². The smallest absolute Gasteiger partial charge is 0.234 e. The molecule has 2 aromatic carbocycles. The van der Waals surface area contributed by atoms with E-state index in [2.05, 4.69) is 20.5 Å². The molecule has 9 heteroatoms. The number of rotatable bonds is 8. The largest absolute Gasteiger partial charge is 0.493 e. The van der Waals surface area contributed by atoms with Crippen molar-refractivity contribution in [2.45, 2.75) is 12.1 Å². The Labute approximate surface area is 196 Å². The van der Waals surface area contributed by atoms with Gasteiger partial charge in [-0.2, -0.15) is 0 Å². The first-order valence-electron chi connectivity index (χ1n) is 10.2. The van der Waals surface area contributed by atoms with E-state index in [0.717, 1.165) is 16.8 Å². The second-order valence-corrected chi connectivity index (χ2v) is 8.07. The quantitative estimate of drug-likeness (QED) is 0.389. The Morgan fingerprint density at radius 3 is 2.52 bits per heavy atom. The van der Waals surface area contributed by atoms with E-state index >= 15 is 0 Å². The summed E-state index contributed by atoms with van der Waals surface area (Å²) < 4.78 is 12.5. The van der Waals surface area contributed by atoms with E-state index in [1.54, 1.807) is 44.8 Å². The van der Waals surface area contributed by atoms with Gasteiger partial charge in [-0.15, -0.1) is 10.2 Å². The average molecular weight is 462 g/mol. The summed E-state index contributed by atoms with van der Waals surface area (Å²) >= 11 is 1.31. The number of thioether (sulfide) groups is 1. The highest BCUT2D eigenvalue weighted by Crippen LogP contribution is 2.31. The number of methoxy groups -OCH3 is 2. The van der Waals surface area contributed by atoms with Crippen LogP contribution in [0.5, 0.6) is 11.5 Å². The zero-order chi connectivity index (χ0) is 23.2. The van der Waals surface area contributed by atoms with Crippen LogP contribution < -0.4 is 14.8 Å². The van der Waals surface area contributed by atoms with Crippen LogP contribution in [0.3, 0.4) is 0 Å². The van der Waals surface area contributed by atoms with Gasteiger partial charge in [0.15, 0.2) is 22.5 Å². The number of ether oxygens (including phenoxy) is 2. The maximum absolute atomic E-state index is 12.6. The summed E-state index contributed by atoms with van der Waals surface area (Å²) in [6, 6.07) is 17.1. The standard InChI is InChI=1S/C24H23N5O3S/c1-16-6-9-19(10-7-16)29-23(17-5-4-12-25-14-17)27-28-24(29)33-15-22(30)26-18-8-11-20(31-2)21(13-18)32-3/h4-14H,15H2,1-3H3,(H,26,30). The Bertz CT molecular complexity index is 1240. The first-order valence-corrected chi connectivity index (χ1v) is 11.1. The molecule has 0 aliphatic rings. The van der Waals surface area contributed by atoms with Crippen LogP contribution in [-0.2, 0) is 4.79 Å². The molecule has 0 atom stereocenters. The predicted octanol–water partition coefficient (Wildman–Crippen LogP) is 4.39. The van der Waals surface area contributed by atoms with Crippen LogP contribution in [0.2, 0.25) is 0 Å². The molecule has 0 aliphatic heterocycles. The molecule has 4 aromatic rings. The summed E-state index contributed by atoms with van der Waals surface area (Å²) in [6.45, 7) is 2.03. The Morgan fingerprint density at radius 2 is 1.82 bits per heavy atom. The van der Waals surface area contributed by atoms with Gasteiger partial charge < -0.3 is 14.8 Å². The molecular weight excluding hydrogens is 438 g/mol. The lowest BCUT2D eigenvalue weighted by atomic mass is 10.2. The first-order chi connectivity index (χ1) is 16.1. The van der Waals surface area contributed by atoms with Crippen LogP contribution in [0.15, 0.2) is 72.1 Å². The minimum absolute atomic E-state index is 0.158. The molecule has 33 heavy (non-hydrogen) atoms. The SMILES string of the molecule is COc1ccc(NC(=O)CSc2nnc(-c3cccnc3)n2-c2ccc(C)cc2)cc1OC. The van der Waals surface area contributed by atoms with Gasteiger partial charge in [0.25, 0.3) is 0 Å². The van der Waals surface area contributed by atoms with Crippen molar-refractivity contribution in [3.8, 4) is 28.6 Å². The molecule has 0 aliphatic carbocycles. The predicted molar refractivity (Wildman–Crippen MR) is 128 cm³/mol. The van der Waals surface area contributed by atoms with E-state index in [1.807, 2.05) is 47.9 Å². The molecule has 0 unspecified atom stereocenters. The number of hydrogen-bond donors (Lipinski definition) is 1.